The van der Waals surface area contributed by atoms with Gasteiger partial charge in [-0.2, -0.15) is 0 Å². The number of aromatic nitrogens is 3. The molecular formula is C22H23N5OS. The summed E-state index contributed by atoms with van der Waals surface area (Å²) >= 11 is 1.73. The van der Waals surface area contributed by atoms with Gasteiger partial charge < -0.3 is 14.6 Å². The van der Waals surface area contributed by atoms with Crippen molar-refractivity contribution in [1.29, 1.82) is 0 Å². The molecule has 4 aromatic rings. The monoisotopic (exact) mass is 405 g/mol. The molecule has 1 aliphatic heterocycles. The average molecular weight is 406 g/mol. The predicted octanol–water partition coefficient (Wildman–Crippen LogP) is 3.52. The number of anilines is 1. The van der Waals surface area contributed by atoms with Gasteiger partial charge in [-0.3, -0.25) is 4.79 Å². The van der Waals surface area contributed by atoms with E-state index < -0.39 is 0 Å². The molecule has 1 aliphatic rings. The summed E-state index contributed by atoms with van der Waals surface area (Å²) in [7, 11) is 0. The molecule has 6 nitrogen and oxygen atoms in total. The lowest BCUT2D eigenvalue weighted by Gasteiger charge is -2.33. The van der Waals surface area contributed by atoms with Gasteiger partial charge in [-0.1, -0.05) is 6.07 Å². The first-order valence-corrected chi connectivity index (χ1v) is 10.9. The minimum atomic E-state index is -0.0108. The highest BCUT2D eigenvalue weighted by atomic mass is 32.1. The lowest BCUT2D eigenvalue weighted by molar-refractivity contribution is -0.125. The number of rotatable bonds is 5. The number of piperidine rings is 1. The van der Waals surface area contributed by atoms with E-state index in [1.807, 2.05) is 24.4 Å². The fourth-order valence-electron chi connectivity index (χ4n) is 4.12. The van der Waals surface area contributed by atoms with Gasteiger partial charge in [0.15, 0.2) is 11.5 Å². The zero-order chi connectivity index (χ0) is 19.6. The van der Waals surface area contributed by atoms with E-state index in [0.29, 0.717) is 13.1 Å². The molecule has 4 aromatic heterocycles. The Morgan fingerprint density at radius 2 is 2.14 bits per heavy atom. The fourth-order valence-corrected chi connectivity index (χ4v) is 4.83. The van der Waals surface area contributed by atoms with Gasteiger partial charge in [0.25, 0.3) is 0 Å². The van der Waals surface area contributed by atoms with Crippen molar-refractivity contribution in [1.82, 2.24) is 19.7 Å². The molecule has 1 unspecified atom stereocenters. The Labute approximate surface area is 173 Å². The van der Waals surface area contributed by atoms with Crippen LogP contribution in [0.5, 0.6) is 0 Å². The number of hydrogen-bond donors (Lipinski definition) is 1. The largest absolute Gasteiger partial charge is 0.355 e. The van der Waals surface area contributed by atoms with Crippen LogP contribution >= 0.6 is 11.3 Å². The van der Waals surface area contributed by atoms with Crippen LogP contribution < -0.4 is 10.2 Å². The highest BCUT2D eigenvalue weighted by Crippen LogP contribution is 2.28. The van der Waals surface area contributed by atoms with Crippen molar-refractivity contribution >= 4 is 39.7 Å². The normalized spacial score (nSPS) is 17.1. The number of nitrogens with zero attached hydrogens (tertiary/aromatic N) is 4. The zero-order valence-corrected chi connectivity index (χ0v) is 16.9. The van der Waals surface area contributed by atoms with Crippen LogP contribution in [0.2, 0.25) is 0 Å². The summed E-state index contributed by atoms with van der Waals surface area (Å²) in [5.41, 5.74) is 2.79. The quantitative estimate of drug-likeness (QED) is 0.552. The molecule has 148 valence electrons. The molecule has 1 atom stereocenters. The number of fused-ring (bicyclic) bond motifs is 3. The highest BCUT2D eigenvalue weighted by molar-refractivity contribution is 7.09. The van der Waals surface area contributed by atoms with E-state index in [1.54, 1.807) is 17.5 Å². The number of carbonyl (C=O) groups excluding carboxylic acids is 1. The second-order valence-electron chi connectivity index (χ2n) is 7.45. The summed E-state index contributed by atoms with van der Waals surface area (Å²) < 4.78 is 2.13. The molecular weight excluding hydrogens is 382 g/mol. The van der Waals surface area contributed by atoms with Crippen molar-refractivity contribution in [3.8, 4) is 0 Å². The van der Waals surface area contributed by atoms with E-state index >= 15 is 0 Å². The van der Waals surface area contributed by atoms with Gasteiger partial charge in [-0.25, -0.2) is 9.97 Å². The minimum Gasteiger partial charge on any atom is -0.355 e. The lowest BCUT2D eigenvalue weighted by atomic mass is 9.97. The number of pyridine rings is 1. The van der Waals surface area contributed by atoms with Crippen molar-refractivity contribution < 1.29 is 4.79 Å². The van der Waals surface area contributed by atoms with Gasteiger partial charge in [0, 0.05) is 36.9 Å². The molecule has 0 aromatic carbocycles. The van der Waals surface area contributed by atoms with Crippen LogP contribution in [-0.4, -0.2) is 39.9 Å². The third kappa shape index (κ3) is 3.58. The minimum absolute atomic E-state index is 0.0108. The topological polar surface area (TPSA) is 62.5 Å². The maximum atomic E-state index is 12.8. The molecule has 1 fully saturated rings. The predicted molar refractivity (Wildman–Crippen MR) is 116 cm³/mol. The maximum absolute atomic E-state index is 12.8. The SMILES string of the molecule is O=C(NCCc1cccs1)C1CCCN(c2nc3ncccc3n3cccc23)C1. The summed E-state index contributed by atoms with van der Waals surface area (Å²) in [5.74, 6) is 1.05. The van der Waals surface area contributed by atoms with Crippen LogP contribution in [0.1, 0.15) is 17.7 Å². The van der Waals surface area contributed by atoms with E-state index in [2.05, 4.69) is 43.2 Å². The Balaban J connectivity index is 1.33. The van der Waals surface area contributed by atoms with Gasteiger partial charge in [0.2, 0.25) is 5.91 Å². The number of nitrogens with one attached hydrogen (secondary N) is 1. The molecule has 1 saturated heterocycles. The number of thiophene rings is 1. The molecule has 0 saturated carbocycles. The zero-order valence-electron chi connectivity index (χ0n) is 16.1. The van der Waals surface area contributed by atoms with Gasteiger partial charge >= 0.3 is 0 Å². The third-order valence-electron chi connectivity index (χ3n) is 5.56. The van der Waals surface area contributed by atoms with Gasteiger partial charge in [-0.05, 0) is 55.0 Å². The molecule has 29 heavy (non-hydrogen) atoms. The summed E-state index contributed by atoms with van der Waals surface area (Å²) in [6.07, 6.45) is 6.61. The van der Waals surface area contributed by atoms with Crippen LogP contribution in [-0.2, 0) is 11.2 Å². The van der Waals surface area contributed by atoms with E-state index in [1.165, 1.54) is 4.88 Å². The third-order valence-corrected chi connectivity index (χ3v) is 6.49. The molecule has 0 aliphatic carbocycles. The Morgan fingerprint density at radius 1 is 1.21 bits per heavy atom. The molecule has 5 heterocycles. The molecule has 0 radical (unpaired) electrons. The van der Waals surface area contributed by atoms with E-state index in [-0.39, 0.29) is 11.8 Å². The highest BCUT2D eigenvalue weighted by Gasteiger charge is 2.27. The van der Waals surface area contributed by atoms with Crippen LogP contribution in [0.3, 0.4) is 0 Å². The van der Waals surface area contributed by atoms with Crippen molar-refractivity contribution in [2.45, 2.75) is 19.3 Å². The van der Waals surface area contributed by atoms with E-state index in [0.717, 1.165) is 48.3 Å². The van der Waals surface area contributed by atoms with E-state index in [9.17, 15) is 4.79 Å². The Hall–Kier alpha value is -2.93. The van der Waals surface area contributed by atoms with E-state index in [4.69, 9.17) is 4.98 Å². The summed E-state index contributed by atoms with van der Waals surface area (Å²) in [6, 6.07) is 12.2. The lowest BCUT2D eigenvalue weighted by Crippen LogP contribution is -2.44. The van der Waals surface area contributed by atoms with Crippen LogP contribution in [0, 0.1) is 5.92 Å². The first kappa shape index (κ1) is 18.1. The van der Waals surface area contributed by atoms with Crippen LogP contribution in [0.25, 0.3) is 16.7 Å². The van der Waals surface area contributed by atoms with Crippen LogP contribution in [0.15, 0.2) is 54.2 Å². The first-order chi connectivity index (χ1) is 14.3. The van der Waals surface area contributed by atoms with Crippen molar-refractivity contribution in [3.05, 3.63) is 59.0 Å². The van der Waals surface area contributed by atoms with Crippen molar-refractivity contribution in [2.75, 3.05) is 24.5 Å². The average Bonchev–Trinajstić information content (AvgIpc) is 3.45. The second-order valence-corrected chi connectivity index (χ2v) is 8.48. The summed E-state index contributed by atoms with van der Waals surface area (Å²) in [4.78, 5) is 25.6. The van der Waals surface area contributed by atoms with Crippen molar-refractivity contribution in [3.63, 3.8) is 0 Å². The summed E-state index contributed by atoms with van der Waals surface area (Å²) in [5, 5.41) is 5.20. The second kappa shape index (κ2) is 7.83. The fraction of sp³-hybridized carbons (Fsp3) is 0.318. The molecule has 0 spiro atoms. The molecule has 1 N–H and O–H groups in total. The molecule has 5 rings (SSSR count). The van der Waals surface area contributed by atoms with Gasteiger partial charge in [0.05, 0.1) is 17.0 Å². The Bertz CT molecular complexity index is 1140. The first-order valence-electron chi connectivity index (χ1n) is 10.1. The Morgan fingerprint density at radius 3 is 3.03 bits per heavy atom. The van der Waals surface area contributed by atoms with Gasteiger partial charge in [-0.15, -0.1) is 11.3 Å². The maximum Gasteiger partial charge on any atom is 0.224 e. The molecule has 7 heteroatoms. The van der Waals surface area contributed by atoms with Crippen LogP contribution in [0.4, 0.5) is 5.82 Å². The van der Waals surface area contributed by atoms with Crippen molar-refractivity contribution in [2.24, 2.45) is 5.92 Å². The Kier molecular flexibility index (Phi) is 4.89. The standard InChI is InChI=1S/C22H23N5OS/c28-22(24-11-9-17-6-4-14-29-17)16-5-2-12-26(15-16)21-19-8-3-13-27(19)18-7-1-10-23-20(18)25-21/h1,3-4,6-8,10,13-14,16H,2,5,9,11-12,15H2,(H,24,28). The summed E-state index contributed by atoms with van der Waals surface area (Å²) in [6.45, 7) is 2.29. The van der Waals surface area contributed by atoms with Gasteiger partial charge in [0.1, 0.15) is 0 Å². The number of hydrogen-bond acceptors (Lipinski definition) is 5. The molecule has 1 amide bonds. The number of amides is 1. The number of carbonyl (C=O) groups is 1. The smallest absolute Gasteiger partial charge is 0.224 e. The molecule has 0 bridgehead atoms.